The molecular formula is C13H14N4O3. The topological polar surface area (TPSA) is 73.0 Å². The summed E-state index contributed by atoms with van der Waals surface area (Å²) in [5.74, 6) is -1.04. The average molecular weight is 274 g/mol. The third kappa shape index (κ3) is 1.21. The van der Waals surface area contributed by atoms with Crippen LogP contribution in [0, 0.1) is 0 Å². The zero-order valence-corrected chi connectivity index (χ0v) is 11.4. The molecule has 2 heterocycles. The molecule has 4 amide bonds. The highest BCUT2D eigenvalue weighted by Crippen LogP contribution is 2.38. The van der Waals surface area contributed by atoms with E-state index in [1.165, 1.54) is 19.0 Å². The minimum Gasteiger partial charge on any atom is -0.345 e. The number of para-hydroxylation sites is 2. The summed E-state index contributed by atoms with van der Waals surface area (Å²) >= 11 is 0. The van der Waals surface area contributed by atoms with Crippen molar-refractivity contribution in [2.75, 3.05) is 31.4 Å². The second-order valence-corrected chi connectivity index (χ2v) is 4.92. The second kappa shape index (κ2) is 3.72. The lowest BCUT2D eigenvalue weighted by atomic mass is 10.0. The molecule has 1 aromatic carbocycles. The number of carbonyl (C=O) groups excluding carboxylic acids is 3. The minimum atomic E-state index is -1.69. The zero-order chi connectivity index (χ0) is 14.7. The first-order valence-corrected chi connectivity index (χ1v) is 6.12. The molecule has 1 N–H and O–H groups in total. The van der Waals surface area contributed by atoms with Crippen molar-refractivity contribution >= 4 is 29.2 Å². The van der Waals surface area contributed by atoms with Crippen molar-refractivity contribution in [3.63, 3.8) is 0 Å². The number of likely N-dealkylation sites (N-methyl/N-ethyl adjacent to an activating group) is 3. The molecule has 20 heavy (non-hydrogen) atoms. The Morgan fingerprint density at radius 1 is 0.950 bits per heavy atom. The van der Waals surface area contributed by atoms with Crippen molar-refractivity contribution in [3.05, 3.63) is 24.3 Å². The number of anilines is 2. The Labute approximate surface area is 115 Å². The standard InChI is InChI=1S/C13H14N4O3/c1-15-9-7-5-4-6-8(9)14-13(10(15)18)11(19)16(2)12(20)17(13)3/h4-7,14H,1-3H3. The molecule has 2 aliphatic rings. The highest BCUT2D eigenvalue weighted by atomic mass is 16.2. The molecule has 1 saturated heterocycles. The Balaban J connectivity index is 2.20. The van der Waals surface area contributed by atoms with E-state index in [0.717, 1.165) is 9.80 Å². The van der Waals surface area contributed by atoms with Crippen LogP contribution in [0.4, 0.5) is 16.2 Å². The van der Waals surface area contributed by atoms with Crippen molar-refractivity contribution in [3.8, 4) is 0 Å². The van der Waals surface area contributed by atoms with Crippen LogP contribution in [-0.4, -0.2) is 54.5 Å². The predicted molar refractivity (Wildman–Crippen MR) is 72.1 cm³/mol. The quantitative estimate of drug-likeness (QED) is 0.545. The second-order valence-electron chi connectivity index (χ2n) is 4.92. The van der Waals surface area contributed by atoms with Gasteiger partial charge >= 0.3 is 6.03 Å². The van der Waals surface area contributed by atoms with Gasteiger partial charge in [0.05, 0.1) is 11.4 Å². The predicted octanol–water partition coefficient (Wildman–Crippen LogP) is 0.295. The van der Waals surface area contributed by atoms with Crippen LogP contribution >= 0.6 is 0 Å². The van der Waals surface area contributed by atoms with E-state index in [1.807, 2.05) is 0 Å². The Morgan fingerprint density at radius 3 is 2.15 bits per heavy atom. The van der Waals surface area contributed by atoms with Gasteiger partial charge in [0.2, 0.25) is 0 Å². The number of fused-ring (bicyclic) bond motifs is 1. The third-order valence-electron chi connectivity index (χ3n) is 3.89. The molecule has 104 valence electrons. The van der Waals surface area contributed by atoms with Gasteiger partial charge in [0, 0.05) is 21.1 Å². The summed E-state index contributed by atoms with van der Waals surface area (Å²) in [5.41, 5.74) is -0.376. The maximum atomic E-state index is 12.6. The van der Waals surface area contributed by atoms with E-state index in [1.54, 1.807) is 31.3 Å². The van der Waals surface area contributed by atoms with Gasteiger partial charge in [-0.1, -0.05) is 12.1 Å². The summed E-state index contributed by atoms with van der Waals surface area (Å²) in [6, 6.07) is 6.64. The third-order valence-corrected chi connectivity index (χ3v) is 3.89. The Morgan fingerprint density at radius 2 is 1.55 bits per heavy atom. The molecule has 1 fully saturated rings. The van der Waals surface area contributed by atoms with Crippen molar-refractivity contribution in [2.45, 2.75) is 5.66 Å². The van der Waals surface area contributed by atoms with E-state index >= 15 is 0 Å². The number of nitrogens with one attached hydrogen (secondary N) is 1. The number of benzene rings is 1. The van der Waals surface area contributed by atoms with Crippen LogP contribution in [0.15, 0.2) is 24.3 Å². The van der Waals surface area contributed by atoms with E-state index < -0.39 is 23.5 Å². The van der Waals surface area contributed by atoms with Crippen molar-refractivity contribution < 1.29 is 14.4 Å². The number of hydrogen-bond acceptors (Lipinski definition) is 4. The van der Waals surface area contributed by atoms with Gasteiger partial charge in [-0.25, -0.2) is 4.79 Å². The lowest BCUT2D eigenvalue weighted by molar-refractivity contribution is -0.139. The molecule has 1 aromatic rings. The van der Waals surface area contributed by atoms with Gasteiger partial charge in [-0.3, -0.25) is 19.4 Å². The van der Waals surface area contributed by atoms with Gasteiger partial charge in [0.15, 0.2) is 0 Å². The average Bonchev–Trinajstić information content (AvgIpc) is 2.61. The van der Waals surface area contributed by atoms with Crippen LogP contribution in [-0.2, 0) is 9.59 Å². The van der Waals surface area contributed by atoms with Crippen LogP contribution in [0.3, 0.4) is 0 Å². The Kier molecular flexibility index (Phi) is 2.32. The number of urea groups is 1. The van der Waals surface area contributed by atoms with Gasteiger partial charge < -0.3 is 10.2 Å². The van der Waals surface area contributed by atoms with Gasteiger partial charge in [-0.15, -0.1) is 0 Å². The largest absolute Gasteiger partial charge is 0.345 e. The molecular weight excluding hydrogens is 260 g/mol. The fourth-order valence-corrected chi connectivity index (χ4v) is 2.69. The van der Waals surface area contributed by atoms with Gasteiger partial charge in [0.1, 0.15) is 0 Å². The first-order valence-electron chi connectivity index (χ1n) is 6.12. The summed E-state index contributed by atoms with van der Waals surface area (Å²) in [6.07, 6.45) is 0. The monoisotopic (exact) mass is 274 g/mol. The number of carbonyl (C=O) groups is 3. The Bertz CT molecular complexity index is 644. The number of nitrogens with zero attached hydrogens (tertiary/aromatic N) is 3. The normalized spacial score (nSPS) is 25.4. The van der Waals surface area contributed by atoms with Crippen LogP contribution in [0.25, 0.3) is 0 Å². The smallest absolute Gasteiger partial charge is 0.328 e. The first-order chi connectivity index (χ1) is 9.41. The zero-order valence-electron chi connectivity index (χ0n) is 11.4. The molecule has 0 radical (unpaired) electrons. The number of hydrogen-bond donors (Lipinski definition) is 1. The summed E-state index contributed by atoms with van der Waals surface area (Å²) in [4.78, 5) is 40.5. The number of rotatable bonds is 0. The minimum absolute atomic E-state index is 0.471. The summed E-state index contributed by atoms with van der Waals surface area (Å²) < 4.78 is 0. The van der Waals surface area contributed by atoms with Gasteiger partial charge in [0.25, 0.3) is 17.5 Å². The van der Waals surface area contributed by atoms with E-state index in [0.29, 0.717) is 11.4 Å². The van der Waals surface area contributed by atoms with Crippen molar-refractivity contribution in [1.82, 2.24) is 9.80 Å². The molecule has 1 spiro atoms. The van der Waals surface area contributed by atoms with Crippen molar-refractivity contribution in [2.24, 2.45) is 0 Å². The molecule has 3 rings (SSSR count). The Hall–Kier alpha value is -2.57. The van der Waals surface area contributed by atoms with E-state index in [9.17, 15) is 14.4 Å². The van der Waals surface area contributed by atoms with Gasteiger partial charge in [-0.05, 0) is 12.1 Å². The SMILES string of the molecule is CN1C(=O)N(C)C2(Nc3ccccc3N(C)C2=O)C1=O. The van der Waals surface area contributed by atoms with Crippen molar-refractivity contribution in [1.29, 1.82) is 0 Å². The van der Waals surface area contributed by atoms with E-state index in [2.05, 4.69) is 5.32 Å². The number of imide groups is 1. The van der Waals surface area contributed by atoms with Crippen LogP contribution < -0.4 is 10.2 Å². The fraction of sp³-hybridized carbons (Fsp3) is 0.308. The summed E-state index contributed by atoms with van der Waals surface area (Å²) in [5, 5.41) is 2.94. The maximum Gasteiger partial charge on any atom is 0.328 e. The summed E-state index contributed by atoms with van der Waals surface area (Å²) in [6.45, 7) is 0. The lowest BCUT2D eigenvalue weighted by Gasteiger charge is -2.41. The number of amides is 4. The molecule has 0 bridgehead atoms. The molecule has 0 aromatic heterocycles. The molecule has 0 aliphatic carbocycles. The molecule has 7 nitrogen and oxygen atoms in total. The first kappa shape index (κ1) is 12.5. The van der Waals surface area contributed by atoms with Crippen LogP contribution in [0.1, 0.15) is 0 Å². The molecule has 0 saturated carbocycles. The maximum absolute atomic E-state index is 12.6. The molecule has 1 unspecified atom stereocenters. The summed E-state index contributed by atoms with van der Waals surface area (Å²) in [7, 11) is 4.40. The molecule has 2 aliphatic heterocycles. The highest BCUT2D eigenvalue weighted by Gasteiger charge is 2.63. The van der Waals surface area contributed by atoms with E-state index in [4.69, 9.17) is 0 Å². The van der Waals surface area contributed by atoms with E-state index in [-0.39, 0.29) is 0 Å². The van der Waals surface area contributed by atoms with Crippen LogP contribution in [0.5, 0.6) is 0 Å². The molecule has 1 atom stereocenters. The van der Waals surface area contributed by atoms with Crippen LogP contribution in [0.2, 0.25) is 0 Å². The van der Waals surface area contributed by atoms with Gasteiger partial charge in [-0.2, -0.15) is 0 Å². The highest BCUT2D eigenvalue weighted by molar-refractivity contribution is 6.26. The lowest BCUT2D eigenvalue weighted by Crippen LogP contribution is -2.66. The molecule has 7 heteroatoms. The fourth-order valence-electron chi connectivity index (χ4n) is 2.69.